The number of halogens is 1. The van der Waals surface area contributed by atoms with E-state index in [2.05, 4.69) is 30.5 Å². The number of anilines is 2. The molecule has 2 N–H and O–H groups in total. The summed E-state index contributed by atoms with van der Waals surface area (Å²) in [5.41, 5.74) is 2.48. The Bertz CT molecular complexity index is 640. The summed E-state index contributed by atoms with van der Waals surface area (Å²) >= 11 is 0. The Morgan fingerprint density at radius 2 is 1.68 bits per heavy atom. The Balaban J connectivity index is 1.86. The maximum atomic E-state index is 13.4. The number of nitrogens with one attached hydrogen (secondary N) is 2. The van der Waals surface area contributed by atoms with Gasteiger partial charge >= 0.3 is 0 Å². The maximum Gasteiger partial charge on any atom is 0.226 e. The van der Waals surface area contributed by atoms with Crippen molar-refractivity contribution >= 4 is 17.3 Å². The monoisotopic (exact) mass is 300 g/mol. The normalized spacial score (nSPS) is 10.5. The Labute approximate surface area is 130 Å². The van der Waals surface area contributed by atoms with E-state index in [1.54, 1.807) is 18.2 Å². The summed E-state index contributed by atoms with van der Waals surface area (Å²) in [5.74, 6) is -0.218. The van der Waals surface area contributed by atoms with E-state index < -0.39 is 5.82 Å². The second-order valence-corrected chi connectivity index (χ2v) is 5.45. The minimum Gasteiger partial charge on any atom is -0.384 e. The highest BCUT2D eigenvalue weighted by Crippen LogP contribution is 2.23. The zero-order valence-electron chi connectivity index (χ0n) is 12.9. The van der Waals surface area contributed by atoms with Crippen molar-refractivity contribution < 1.29 is 9.18 Å². The molecule has 2 rings (SSSR count). The van der Waals surface area contributed by atoms with Crippen molar-refractivity contribution in [3.05, 3.63) is 59.9 Å². The van der Waals surface area contributed by atoms with Crippen molar-refractivity contribution in [2.75, 3.05) is 17.2 Å². The molecule has 0 bridgehead atoms. The van der Waals surface area contributed by atoms with E-state index in [0.717, 1.165) is 5.69 Å². The van der Waals surface area contributed by atoms with Crippen LogP contribution in [0.2, 0.25) is 0 Å². The zero-order chi connectivity index (χ0) is 15.9. The highest BCUT2D eigenvalue weighted by molar-refractivity contribution is 5.91. The van der Waals surface area contributed by atoms with E-state index in [-0.39, 0.29) is 18.0 Å². The number of amides is 1. The Hall–Kier alpha value is -2.36. The SMILES string of the molecule is CC(C)c1ccccc1NCCC(=O)Nc1ccccc1F. The molecule has 1 amide bonds. The molecule has 4 heteroatoms. The van der Waals surface area contributed by atoms with Gasteiger partial charge in [0.05, 0.1) is 5.69 Å². The fraction of sp³-hybridized carbons (Fsp3) is 0.278. The van der Waals surface area contributed by atoms with Crippen molar-refractivity contribution in [2.24, 2.45) is 0 Å². The average molecular weight is 300 g/mol. The van der Waals surface area contributed by atoms with Gasteiger partial charge in [-0.05, 0) is 29.7 Å². The number of carbonyl (C=O) groups is 1. The molecule has 0 heterocycles. The van der Waals surface area contributed by atoms with Gasteiger partial charge in [0, 0.05) is 18.7 Å². The van der Waals surface area contributed by atoms with Crippen LogP contribution in [0.4, 0.5) is 15.8 Å². The minimum atomic E-state index is -0.422. The van der Waals surface area contributed by atoms with Gasteiger partial charge in [0.25, 0.3) is 0 Å². The number of para-hydroxylation sites is 2. The van der Waals surface area contributed by atoms with E-state index in [1.807, 2.05) is 18.2 Å². The average Bonchev–Trinajstić information content (AvgIpc) is 2.50. The number of hydrogen-bond acceptors (Lipinski definition) is 2. The third-order valence-corrected chi connectivity index (χ3v) is 3.40. The van der Waals surface area contributed by atoms with E-state index in [1.165, 1.54) is 11.6 Å². The second kappa shape index (κ2) is 7.59. The molecule has 0 saturated carbocycles. The predicted molar refractivity (Wildman–Crippen MR) is 88.7 cm³/mol. The lowest BCUT2D eigenvalue weighted by Crippen LogP contribution is -2.17. The fourth-order valence-electron chi connectivity index (χ4n) is 2.25. The summed E-state index contributed by atoms with van der Waals surface area (Å²) < 4.78 is 13.4. The van der Waals surface area contributed by atoms with E-state index in [4.69, 9.17) is 0 Å². The first-order valence-corrected chi connectivity index (χ1v) is 7.45. The molecular weight excluding hydrogens is 279 g/mol. The standard InChI is InChI=1S/C18H21FN2O/c1-13(2)14-7-3-5-9-16(14)20-12-11-18(22)21-17-10-6-4-8-15(17)19/h3-10,13,20H,11-12H2,1-2H3,(H,21,22). The van der Waals surface area contributed by atoms with Crippen molar-refractivity contribution in [2.45, 2.75) is 26.2 Å². The van der Waals surface area contributed by atoms with Gasteiger partial charge in [0.1, 0.15) is 5.82 Å². The third-order valence-electron chi connectivity index (χ3n) is 3.40. The van der Waals surface area contributed by atoms with Crippen molar-refractivity contribution in [3.63, 3.8) is 0 Å². The van der Waals surface area contributed by atoms with E-state index in [9.17, 15) is 9.18 Å². The minimum absolute atomic E-state index is 0.209. The van der Waals surface area contributed by atoms with Gasteiger partial charge in [-0.25, -0.2) is 4.39 Å². The predicted octanol–water partition coefficient (Wildman–Crippen LogP) is 4.39. The fourth-order valence-corrected chi connectivity index (χ4v) is 2.25. The van der Waals surface area contributed by atoms with Crippen LogP contribution in [0.3, 0.4) is 0 Å². The third kappa shape index (κ3) is 4.32. The van der Waals surface area contributed by atoms with Gasteiger partial charge in [0.2, 0.25) is 5.91 Å². The molecule has 0 radical (unpaired) electrons. The molecule has 0 aliphatic rings. The molecule has 0 aliphatic heterocycles. The summed E-state index contributed by atoms with van der Waals surface area (Å²) in [4.78, 5) is 11.9. The van der Waals surface area contributed by atoms with E-state index in [0.29, 0.717) is 12.5 Å². The van der Waals surface area contributed by atoms with Crippen LogP contribution < -0.4 is 10.6 Å². The van der Waals surface area contributed by atoms with Crippen LogP contribution >= 0.6 is 0 Å². The van der Waals surface area contributed by atoms with Crippen LogP contribution in [0, 0.1) is 5.82 Å². The van der Waals surface area contributed by atoms with Crippen LogP contribution in [0.15, 0.2) is 48.5 Å². The Morgan fingerprint density at radius 3 is 2.36 bits per heavy atom. The quantitative estimate of drug-likeness (QED) is 0.830. The Kier molecular flexibility index (Phi) is 5.53. The highest BCUT2D eigenvalue weighted by Gasteiger charge is 2.08. The van der Waals surface area contributed by atoms with Gasteiger partial charge in [-0.1, -0.05) is 44.2 Å². The highest BCUT2D eigenvalue weighted by atomic mass is 19.1. The van der Waals surface area contributed by atoms with Gasteiger partial charge in [-0.3, -0.25) is 4.79 Å². The summed E-state index contributed by atoms with van der Waals surface area (Å²) in [5, 5.41) is 5.85. The summed E-state index contributed by atoms with van der Waals surface area (Å²) in [6.07, 6.45) is 0.279. The maximum absolute atomic E-state index is 13.4. The zero-order valence-corrected chi connectivity index (χ0v) is 12.9. The molecule has 0 aliphatic carbocycles. The molecule has 22 heavy (non-hydrogen) atoms. The molecule has 0 aromatic heterocycles. The van der Waals surface area contributed by atoms with Crippen LogP contribution in [0.5, 0.6) is 0 Å². The van der Waals surface area contributed by atoms with Gasteiger partial charge in [0.15, 0.2) is 0 Å². The first-order valence-electron chi connectivity index (χ1n) is 7.45. The first kappa shape index (κ1) is 16.0. The van der Waals surface area contributed by atoms with Crippen LogP contribution in [-0.4, -0.2) is 12.5 Å². The van der Waals surface area contributed by atoms with Gasteiger partial charge < -0.3 is 10.6 Å². The topological polar surface area (TPSA) is 41.1 Å². The van der Waals surface area contributed by atoms with Gasteiger partial charge in [-0.15, -0.1) is 0 Å². The molecular formula is C18H21FN2O. The van der Waals surface area contributed by atoms with Crippen molar-refractivity contribution in [3.8, 4) is 0 Å². The molecule has 2 aromatic carbocycles. The number of rotatable bonds is 6. The lowest BCUT2D eigenvalue weighted by molar-refractivity contribution is -0.116. The van der Waals surface area contributed by atoms with Crippen molar-refractivity contribution in [1.82, 2.24) is 0 Å². The summed E-state index contributed by atoms with van der Waals surface area (Å²) in [6.45, 7) is 4.76. The van der Waals surface area contributed by atoms with Crippen LogP contribution in [-0.2, 0) is 4.79 Å². The molecule has 0 atom stereocenters. The smallest absolute Gasteiger partial charge is 0.226 e. The van der Waals surface area contributed by atoms with Crippen LogP contribution in [0.1, 0.15) is 31.7 Å². The molecule has 2 aromatic rings. The Morgan fingerprint density at radius 1 is 1.05 bits per heavy atom. The molecule has 0 saturated heterocycles. The molecule has 0 spiro atoms. The number of benzene rings is 2. The molecule has 3 nitrogen and oxygen atoms in total. The van der Waals surface area contributed by atoms with E-state index >= 15 is 0 Å². The van der Waals surface area contributed by atoms with Gasteiger partial charge in [-0.2, -0.15) is 0 Å². The largest absolute Gasteiger partial charge is 0.384 e. The molecule has 116 valence electrons. The van der Waals surface area contributed by atoms with Crippen molar-refractivity contribution in [1.29, 1.82) is 0 Å². The summed E-state index contributed by atoms with van der Waals surface area (Å²) in [6, 6.07) is 14.2. The lowest BCUT2D eigenvalue weighted by Gasteiger charge is -2.14. The number of hydrogen-bond donors (Lipinski definition) is 2. The summed E-state index contributed by atoms with van der Waals surface area (Å²) in [7, 11) is 0. The number of carbonyl (C=O) groups excluding carboxylic acids is 1. The first-order chi connectivity index (χ1) is 10.6. The van der Waals surface area contributed by atoms with Crippen LogP contribution in [0.25, 0.3) is 0 Å². The lowest BCUT2D eigenvalue weighted by atomic mass is 10.0. The second-order valence-electron chi connectivity index (χ2n) is 5.45. The molecule has 0 unspecified atom stereocenters. The molecule has 0 fully saturated rings.